The first-order chi connectivity index (χ1) is 8.81. The first-order valence-electron chi connectivity index (χ1n) is 5.74. The van der Waals surface area contributed by atoms with Gasteiger partial charge in [0, 0.05) is 0 Å². The van der Waals surface area contributed by atoms with Gasteiger partial charge in [-0.1, -0.05) is 61.2 Å². The minimum Gasteiger partial charge on any atom is -0.457 e. The summed E-state index contributed by atoms with van der Waals surface area (Å²) in [4.78, 5) is 11.9. The Morgan fingerprint density at radius 1 is 1.06 bits per heavy atom. The van der Waals surface area contributed by atoms with Gasteiger partial charge in [0.1, 0.15) is 6.61 Å². The van der Waals surface area contributed by atoms with Gasteiger partial charge in [0.2, 0.25) is 0 Å². The summed E-state index contributed by atoms with van der Waals surface area (Å²) in [5, 5.41) is 0. The summed E-state index contributed by atoms with van der Waals surface area (Å²) in [6.45, 7) is 3.97. The van der Waals surface area contributed by atoms with Gasteiger partial charge in [-0.25, -0.2) is 4.79 Å². The average Bonchev–Trinajstić information content (AvgIpc) is 2.45. The maximum absolute atomic E-state index is 11.9. The number of rotatable bonds is 4. The first kappa shape index (κ1) is 12.1. The van der Waals surface area contributed by atoms with Crippen molar-refractivity contribution in [3.8, 4) is 0 Å². The van der Waals surface area contributed by atoms with E-state index >= 15 is 0 Å². The normalized spacial score (nSPS) is 9.78. The summed E-state index contributed by atoms with van der Waals surface area (Å²) in [6, 6.07) is 16.9. The summed E-state index contributed by atoms with van der Waals surface area (Å²) >= 11 is 0. The third-order valence-electron chi connectivity index (χ3n) is 2.61. The number of esters is 1. The van der Waals surface area contributed by atoms with E-state index in [2.05, 4.69) is 6.58 Å². The summed E-state index contributed by atoms with van der Waals surface area (Å²) < 4.78 is 5.27. The number of carbonyl (C=O) groups is 1. The zero-order valence-electron chi connectivity index (χ0n) is 10.0. The highest BCUT2D eigenvalue weighted by Gasteiger charge is 2.10. The molecule has 90 valence electrons. The average molecular weight is 238 g/mol. The van der Waals surface area contributed by atoms with E-state index in [0.717, 1.165) is 11.1 Å². The van der Waals surface area contributed by atoms with Gasteiger partial charge in [0.15, 0.2) is 0 Å². The molecule has 0 aliphatic rings. The van der Waals surface area contributed by atoms with Crippen molar-refractivity contribution in [1.82, 2.24) is 0 Å². The third-order valence-corrected chi connectivity index (χ3v) is 2.61. The van der Waals surface area contributed by atoms with Crippen molar-refractivity contribution in [2.24, 2.45) is 0 Å². The van der Waals surface area contributed by atoms with Crippen LogP contribution >= 0.6 is 0 Å². The Labute approximate surface area is 107 Å². The van der Waals surface area contributed by atoms with Crippen LogP contribution in [0.4, 0.5) is 0 Å². The maximum Gasteiger partial charge on any atom is 0.339 e. The first-order valence-corrected chi connectivity index (χ1v) is 5.74. The van der Waals surface area contributed by atoms with Crippen molar-refractivity contribution in [1.29, 1.82) is 0 Å². The van der Waals surface area contributed by atoms with Crippen LogP contribution in [0.5, 0.6) is 0 Å². The lowest BCUT2D eigenvalue weighted by atomic mass is 10.1. The van der Waals surface area contributed by atoms with Gasteiger partial charge < -0.3 is 4.74 Å². The lowest BCUT2D eigenvalue weighted by Gasteiger charge is -2.07. The summed E-state index contributed by atoms with van der Waals surface area (Å²) in [6.07, 6.45) is 1.65. The second-order valence-electron chi connectivity index (χ2n) is 3.85. The fourth-order valence-electron chi connectivity index (χ4n) is 1.66. The van der Waals surface area contributed by atoms with E-state index in [1.165, 1.54) is 0 Å². The largest absolute Gasteiger partial charge is 0.457 e. The third kappa shape index (κ3) is 2.86. The van der Waals surface area contributed by atoms with E-state index in [0.29, 0.717) is 5.56 Å². The number of carbonyl (C=O) groups excluding carboxylic acids is 1. The molecule has 0 aliphatic carbocycles. The van der Waals surface area contributed by atoms with Gasteiger partial charge in [0.25, 0.3) is 0 Å². The molecule has 0 saturated carbocycles. The number of hydrogen-bond acceptors (Lipinski definition) is 2. The van der Waals surface area contributed by atoms with Crippen LogP contribution in [-0.4, -0.2) is 5.97 Å². The highest BCUT2D eigenvalue weighted by Crippen LogP contribution is 2.12. The molecule has 0 atom stereocenters. The van der Waals surface area contributed by atoms with Crippen molar-refractivity contribution in [2.45, 2.75) is 6.61 Å². The lowest BCUT2D eigenvalue weighted by molar-refractivity contribution is 0.0472. The molecular weight excluding hydrogens is 224 g/mol. The van der Waals surface area contributed by atoms with Crippen LogP contribution in [0.1, 0.15) is 21.5 Å². The number of hydrogen-bond donors (Lipinski definition) is 0. The van der Waals surface area contributed by atoms with E-state index in [4.69, 9.17) is 4.74 Å². The number of benzene rings is 2. The van der Waals surface area contributed by atoms with E-state index < -0.39 is 0 Å². The van der Waals surface area contributed by atoms with Crippen LogP contribution in [0.2, 0.25) is 0 Å². The van der Waals surface area contributed by atoms with Crippen molar-refractivity contribution in [3.05, 3.63) is 77.9 Å². The van der Waals surface area contributed by atoms with E-state index in [9.17, 15) is 4.79 Å². The Morgan fingerprint density at radius 3 is 2.44 bits per heavy atom. The van der Waals surface area contributed by atoms with E-state index in [1.54, 1.807) is 12.1 Å². The Morgan fingerprint density at radius 2 is 1.72 bits per heavy atom. The summed E-state index contributed by atoms with van der Waals surface area (Å²) in [7, 11) is 0. The fraction of sp³-hybridized carbons (Fsp3) is 0.0625. The smallest absolute Gasteiger partial charge is 0.339 e. The van der Waals surface area contributed by atoms with Crippen LogP contribution < -0.4 is 0 Å². The summed E-state index contributed by atoms with van der Waals surface area (Å²) in [5.41, 5.74) is 2.31. The second kappa shape index (κ2) is 5.82. The zero-order valence-corrected chi connectivity index (χ0v) is 10.0. The molecule has 2 rings (SSSR count). The molecule has 0 amide bonds. The Bertz CT molecular complexity index is 544. The van der Waals surface area contributed by atoms with Crippen molar-refractivity contribution in [3.63, 3.8) is 0 Å². The van der Waals surface area contributed by atoms with Gasteiger partial charge in [0.05, 0.1) is 5.56 Å². The fourth-order valence-corrected chi connectivity index (χ4v) is 1.66. The lowest BCUT2D eigenvalue weighted by Crippen LogP contribution is -2.06. The molecule has 0 aromatic heterocycles. The zero-order chi connectivity index (χ0) is 12.8. The highest BCUT2D eigenvalue weighted by molar-refractivity contribution is 5.93. The van der Waals surface area contributed by atoms with Crippen molar-refractivity contribution < 1.29 is 9.53 Å². The van der Waals surface area contributed by atoms with Crippen LogP contribution in [0.3, 0.4) is 0 Å². The van der Waals surface area contributed by atoms with Crippen LogP contribution in [0.25, 0.3) is 6.08 Å². The van der Waals surface area contributed by atoms with Gasteiger partial charge >= 0.3 is 5.97 Å². The Kier molecular flexibility index (Phi) is 3.92. The van der Waals surface area contributed by atoms with Gasteiger partial charge in [-0.15, -0.1) is 0 Å². The quantitative estimate of drug-likeness (QED) is 0.759. The second-order valence-corrected chi connectivity index (χ2v) is 3.85. The molecule has 0 heterocycles. The predicted octanol–water partition coefficient (Wildman–Crippen LogP) is 3.69. The monoisotopic (exact) mass is 238 g/mol. The Balaban J connectivity index is 2.06. The molecule has 0 spiro atoms. The molecule has 0 unspecified atom stereocenters. The topological polar surface area (TPSA) is 26.3 Å². The van der Waals surface area contributed by atoms with Gasteiger partial charge in [-0.3, -0.25) is 0 Å². The molecule has 0 fully saturated rings. The Hall–Kier alpha value is -2.35. The molecule has 2 heteroatoms. The molecule has 18 heavy (non-hydrogen) atoms. The number of ether oxygens (including phenoxy) is 1. The molecule has 2 aromatic rings. The SMILES string of the molecule is C=Cc1ccccc1C(=O)OCc1ccccc1. The molecule has 2 nitrogen and oxygen atoms in total. The molecule has 0 aliphatic heterocycles. The van der Waals surface area contributed by atoms with Crippen LogP contribution in [0.15, 0.2) is 61.2 Å². The molecular formula is C16H14O2. The standard InChI is InChI=1S/C16H14O2/c1-2-14-10-6-7-11-15(14)16(17)18-12-13-8-4-3-5-9-13/h2-11H,1,12H2. The molecule has 0 bridgehead atoms. The molecule has 0 saturated heterocycles. The highest BCUT2D eigenvalue weighted by atomic mass is 16.5. The predicted molar refractivity (Wildman–Crippen MR) is 72.1 cm³/mol. The van der Waals surface area contributed by atoms with Gasteiger partial charge in [-0.05, 0) is 17.2 Å². The van der Waals surface area contributed by atoms with Crippen LogP contribution in [-0.2, 0) is 11.3 Å². The van der Waals surface area contributed by atoms with Gasteiger partial charge in [-0.2, -0.15) is 0 Å². The minimum absolute atomic E-state index is 0.283. The van der Waals surface area contributed by atoms with Crippen molar-refractivity contribution >= 4 is 12.0 Å². The maximum atomic E-state index is 11.9. The van der Waals surface area contributed by atoms with E-state index in [1.807, 2.05) is 48.5 Å². The molecule has 0 N–H and O–H groups in total. The molecule has 0 radical (unpaired) electrons. The minimum atomic E-state index is -0.325. The van der Waals surface area contributed by atoms with Crippen molar-refractivity contribution in [2.75, 3.05) is 0 Å². The van der Waals surface area contributed by atoms with Crippen LogP contribution in [0, 0.1) is 0 Å². The molecule has 2 aromatic carbocycles. The summed E-state index contributed by atoms with van der Waals surface area (Å²) in [5.74, 6) is -0.325. The van der Waals surface area contributed by atoms with E-state index in [-0.39, 0.29) is 12.6 Å².